The van der Waals surface area contributed by atoms with Gasteiger partial charge in [0, 0.05) is 34.3 Å². The van der Waals surface area contributed by atoms with Crippen molar-refractivity contribution in [3.63, 3.8) is 0 Å². The zero-order chi connectivity index (χ0) is 7.15. The fourth-order valence-electron chi connectivity index (χ4n) is 0. The molecule has 0 radical (unpaired) electrons. The Labute approximate surface area is 78.7 Å². The maximum absolute atomic E-state index is 9.00. The Morgan fingerprint density at radius 1 is 1.00 bits per heavy atom. The summed E-state index contributed by atoms with van der Waals surface area (Å²) >= 11 is 0. The maximum atomic E-state index is 9.00. The number of carboxylic acid groups (broad SMARTS) is 2. The van der Waals surface area contributed by atoms with Gasteiger partial charge in [0.1, 0.15) is 0 Å². The second-order valence-electron chi connectivity index (χ2n) is 1.04. The van der Waals surface area contributed by atoms with Gasteiger partial charge in [-0.05, 0) is 0 Å². The summed E-state index contributed by atoms with van der Waals surface area (Å²) in [5, 5.41) is 14.8. The molecule has 2 N–H and O–H groups in total. The van der Waals surface area contributed by atoms with E-state index in [1.165, 1.54) is 0 Å². The van der Waals surface area contributed by atoms with Crippen molar-refractivity contribution in [3.8, 4) is 0 Å². The SMILES string of the molecule is CC(=O)O.CC(=O)O.Cl.[Pd]. The summed E-state index contributed by atoms with van der Waals surface area (Å²) in [5.41, 5.74) is 0. The van der Waals surface area contributed by atoms with E-state index in [9.17, 15) is 0 Å². The van der Waals surface area contributed by atoms with Gasteiger partial charge in [-0.25, -0.2) is 0 Å². The van der Waals surface area contributed by atoms with Crippen LogP contribution in [0.2, 0.25) is 0 Å². The van der Waals surface area contributed by atoms with Gasteiger partial charge in [-0.3, -0.25) is 9.59 Å². The monoisotopic (exact) mass is 262 g/mol. The van der Waals surface area contributed by atoms with Crippen LogP contribution in [0.4, 0.5) is 0 Å². The molecule has 0 bridgehead atoms. The van der Waals surface area contributed by atoms with Crippen LogP contribution in [-0.4, -0.2) is 22.2 Å². The zero-order valence-corrected chi connectivity index (χ0v) is 7.81. The van der Waals surface area contributed by atoms with Crippen molar-refractivity contribution >= 4 is 24.3 Å². The summed E-state index contributed by atoms with van der Waals surface area (Å²) in [7, 11) is 0. The molecule has 0 fully saturated rings. The quantitative estimate of drug-likeness (QED) is 0.627. The van der Waals surface area contributed by atoms with E-state index in [2.05, 4.69) is 0 Å². The minimum Gasteiger partial charge on any atom is -0.481 e. The minimum atomic E-state index is -0.833. The average molecular weight is 263 g/mol. The molecule has 0 aliphatic rings. The number of halogens is 1. The van der Waals surface area contributed by atoms with Gasteiger partial charge in [-0.1, -0.05) is 0 Å². The number of hydrogen-bond acceptors (Lipinski definition) is 2. The zero-order valence-electron chi connectivity index (χ0n) is 5.44. The molecule has 0 aromatic carbocycles. The van der Waals surface area contributed by atoms with E-state index in [-0.39, 0.29) is 32.8 Å². The van der Waals surface area contributed by atoms with Crippen molar-refractivity contribution in [2.45, 2.75) is 13.8 Å². The Hall–Kier alpha value is -0.108. The first-order valence-corrected chi connectivity index (χ1v) is 1.86. The van der Waals surface area contributed by atoms with Gasteiger partial charge in [-0.2, -0.15) is 0 Å². The molecule has 10 heavy (non-hydrogen) atoms. The maximum Gasteiger partial charge on any atom is 0.300 e. The van der Waals surface area contributed by atoms with Crippen LogP contribution in [-0.2, 0) is 30.0 Å². The second kappa shape index (κ2) is 16.0. The van der Waals surface area contributed by atoms with Crippen molar-refractivity contribution in [3.05, 3.63) is 0 Å². The summed E-state index contributed by atoms with van der Waals surface area (Å²) in [6.45, 7) is 2.17. The van der Waals surface area contributed by atoms with Crippen LogP contribution >= 0.6 is 12.4 Å². The first kappa shape index (κ1) is 22.5. The van der Waals surface area contributed by atoms with Crippen LogP contribution in [0.3, 0.4) is 0 Å². The number of hydrogen-bond donors (Lipinski definition) is 2. The van der Waals surface area contributed by atoms with E-state index in [0.717, 1.165) is 13.8 Å². The molecule has 0 aliphatic heterocycles. The van der Waals surface area contributed by atoms with Gasteiger partial charge >= 0.3 is 0 Å². The molecule has 4 nitrogen and oxygen atoms in total. The molecule has 0 unspecified atom stereocenters. The van der Waals surface area contributed by atoms with E-state index >= 15 is 0 Å². The van der Waals surface area contributed by atoms with E-state index in [1.54, 1.807) is 0 Å². The van der Waals surface area contributed by atoms with Crippen LogP contribution in [0.15, 0.2) is 0 Å². The fraction of sp³-hybridized carbons (Fsp3) is 0.500. The van der Waals surface area contributed by atoms with E-state index in [1.807, 2.05) is 0 Å². The van der Waals surface area contributed by atoms with Gasteiger partial charge < -0.3 is 10.2 Å². The van der Waals surface area contributed by atoms with E-state index < -0.39 is 11.9 Å². The molecular weight excluding hydrogens is 254 g/mol. The van der Waals surface area contributed by atoms with Crippen LogP contribution in [0.25, 0.3) is 0 Å². The molecule has 0 amide bonds. The Morgan fingerprint density at radius 3 is 1.00 bits per heavy atom. The molecule has 0 rings (SSSR count). The van der Waals surface area contributed by atoms with Crippen LogP contribution in [0.5, 0.6) is 0 Å². The third-order valence-corrected chi connectivity index (χ3v) is 0. The Balaban J connectivity index is -0.0000000300. The largest absolute Gasteiger partial charge is 0.481 e. The van der Waals surface area contributed by atoms with E-state index in [4.69, 9.17) is 19.8 Å². The first-order chi connectivity index (χ1) is 3.46. The smallest absolute Gasteiger partial charge is 0.300 e. The third-order valence-electron chi connectivity index (χ3n) is 0. The summed E-state index contributed by atoms with van der Waals surface area (Å²) in [5.74, 6) is -1.67. The summed E-state index contributed by atoms with van der Waals surface area (Å²) in [6, 6.07) is 0. The van der Waals surface area contributed by atoms with Gasteiger partial charge in [0.05, 0.1) is 0 Å². The Kier molecular flexibility index (Phi) is 35.9. The predicted molar refractivity (Wildman–Crippen MR) is 33.9 cm³/mol. The Morgan fingerprint density at radius 2 is 1.00 bits per heavy atom. The average Bonchev–Trinajstić information content (AvgIpc) is 1.25. The Bertz CT molecular complexity index is 75.3. The normalized spacial score (nSPS) is 5.00. The van der Waals surface area contributed by atoms with Gasteiger partial charge in [0.15, 0.2) is 0 Å². The number of carboxylic acids is 2. The summed E-state index contributed by atoms with van der Waals surface area (Å²) in [4.78, 5) is 18.0. The van der Waals surface area contributed by atoms with Crippen molar-refractivity contribution < 1.29 is 40.2 Å². The minimum absolute atomic E-state index is 0. The topological polar surface area (TPSA) is 74.6 Å². The number of carbonyl (C=O) groups is 2. The van der Waals surface area contributed by atoms with Gasteiger partial charge in [-0.15, -0.1) is 12.4 Å². The van der Waals surface area contributed by atoms with Crippen molar-refractivity contribution in [1.29, 1.82) is 0 Å². The third kappa shape index (κ3) is 32300. The van der Waals surface area contributed by atoms with Crippen molar-refractivity contribution in [2.75, 3.05) is 0 Å². The van der Waals surface area contributed by atoms with Gasteiger partial charge in [0.2, 0.25) is 0 Å². The number of aliphatic carboxylic acids is 2. The van der Waals surface area contributed by atoms with Gasteiger partial charge in [0.25, 0.3) is 11.9 Å². The van der Waals surface area contributed by atoms with Crippen LogP contribution < -0.4 is 0 Å². The molecular formula is C4H9ClO4Pd. The fourth-order valence-corrected chi connectivity index (χ4v) is 0. The predicted octanol–water partition coefficient (Wildman–Crippen LogP) is 0.601. The molecule has 0 aromatic heterocycles. The molecule has 0 aromatic rings. The van der Waals surface area contributed by atoms with Crippen LogP contribution in [0, 0.1) is 0 Å². The molecule has 0 saturated carbocycles. The molecule has 0 atom stereocenters. The standard InChI is InChI=1S/2C2H4O2.ClH.Pd/c2*1-2(3)4;;/h2*1H3,(H,3,4);1H;. The molecule has 0 saturated heterocycles. The van der Waals surface area contributed by atoms with Crippen molar-refractivity contribution in [2.24, 2.45) is 0 Å². The van der Waals surface area contributed by atoms with Crippen molar-refractivity contribution in [1.82, 2.24) is 0 Å². The molecule has 66 valence electrons. The molecule has 0 aliphatic carbocycles. The first-order valence-electron chi connectivity index (χ1n) is 1.86. The van der Waals surface area contributed by atoms with E-state index in [0.29, 0.717) is 0 Å². The molecule has 6 heteroatoms. The van der Waals surface area contributed by atoms with Crippen LogP contribution in [0.1, 0.15) is 13.8 Å². The number of rotatable bonds is 0. The molecule has 0 spiro atoms. The second-order valence-corrected chi connectivity index (χ2v) is 1.04. The molecule has 0 heterocycles. The summed E-state index contributed by atoms with van der Waals surface area (Å²) in [6.07, 6.45) is 0. The summed E-state index contributed by atoms with van der Waals surface area (Å²) < 4.78 is 0.